The van der Waals surface area contributed by atoms with Gasteiger partial charge in [-0.1, -0.05) is 17.7 Å². The number of hydrogen-bond donors (Lipinski definition) is 1. The Morgan fingerprint density at radius 1 is 1.37 bits per heavy atom. The van der Waals surface area contributed by atoms with Crippen molar-refractivity contribution in [3.05, 3.63) is 35.4 Å². The van der Waals surface area contributed by atoms with Crippen molar-refractivity contribution in [3.63, 3.8) is 0 Å². The van der Waals surface area contributed by atoms with Crippen LogP contribution >= 0.6 is 11.6 Å². The molecular weight excluding hydrogens is 288 g/mol. The summed E-state index contributed by atoms with van der Waals surface area (Å²) in [5, 5.41) is 0.184. The first-order chi connectivity index (χ1) is 8.92. The van der Waals surface area contributed by atoms with E-state index in [1.807, 2.05) is 6.92 Å². The fourth-order valence-electron chi connectivity index (χ4n) is 1.58. The zero-order valence-corrected chi connectivity index (χ0v) is 12.0. The second-order valence-corrected chi connectivity index (χ2v) is 5.88. The van der Waals surface area contributed by atoms with Crippen LogP contribution < -0.4 is 4.72 Å². The van der Waals surface area contributed by atoms with Crippen LogP contribution in [0.15, 0.2) is 29.4 Å². The van der Waals surface area contributed by atoms with Crippen LogP contribution in [0.4, 0.5) is 5.82 Å². The maximum absolute atomic E-state index is 12.1. The highest BCUT2D eigenvalue weighted by atomic mass is 35.5. The maximum Gasteiger partial charge on any atom is 0.282 e. The molecule has 0 saturated carbocycles. The summed E-state index contributed by atoms with van der Waals surface area (Å²) >= 11 is 5.71. The summed E-state index contributed by atoms with van der Waals surface area (Å²) in [4.78, 5) is 7.90. The normalized spacial score (nSPS) is 11.5. The lowest BCUT2D eigenvalue weighted by Crippen LogP contribution is -2.14. The Hall–Kier alpha value is -1.60. The van der Waals surface area contributed by atoms with Crippen LogP contribution in [0.5, 0.6) is 0 Å². The number of anilines is 1. The fourth-order valence-corrected chi connectivity index (χ4v) is 2.76. The zero-order chi connectivity index (χ0) is 14.0. The molecule has 19 heavy (non-hydrogen) atoms. The van der Waals surface area contributed by atoms with Gasteiger partial charge >= 0.3 is 0 Å². The topological polar surface area (TPSA) is 76.9 Å². The smallest absolute Gasteiger partial charge is 0.282 e. The fraction of sp³-hybridized carbons (Fsp3) is 0.273. The van der Waals surface area contributed by atoms with Crippen LogP contribution in [-0.4, -0.2) is 23.0 Å². The summed E-state index contributed by atoms with van der Waals surface area (Å²) in [6.45, 7) is 4.32. The molecule has 0 aliphatic heterocycles. The Morgan fingerprint density at radius 2 is 2.11 bits per heavy atom. The molecule has 0 radical (unpaired) electrons. The van der Waals surface area contributed by atoms with Gasteiger partial charge in [0.05, 0.1) is 0 Å². The molecule has 8 heteroatoms. The van der Waals surface area contributed by atoms with Crippen LogP contribution in [0.3, 0.4) is 0 Å². The van der Waals surface area contributed by atoms with Crippen LogP contribution in [0.25, 0.3) is 0 Å². The van der Waals surface area contributed by atoms with Gasteiger partial charge in [0.15, 0.2) is 5.03 Å². The van der Waals surface area contributed by atoms with Gasteiger partial charge in [-0.15, -0.1) is 0 Å². The number of halogens is 1. The van der Waals surface area contributed by atoms with Gasteiger partial charge in [0.25, 0.3) is 10.0 Å². The summed E-state index contributed by atoms with van der Waals surface area (Å²) in [6.07, 6.45) is 1.49. The van der Waals surface area contributed by atoms with Crippen LogP contribution in [-0.2, 0) is 16.6 Å². The lowest BCUT2D eigenvalue weighted by Gasteiger charge is -2.04. The van der Waals surface area contributed by atoms with Gasteiger partial charge in [0, 0.05) is 12.7 Å². The van der Waals surface area contributed by atoms with Crippen molar-refractivity contribution in [2.75, 3.05) is 4.72 Å². The number of rotatable bonds is 4. The molecule has 2 aromatic heterocycles. The summed E-state index contributed by atoms with van der Waals surface area (Å²) < 4.78 is 28.3. The molecule has 0 spiro atoms. The Bertz CT molecular complexity index is 696. The number of sulfonamides is 1. The molecule has 0 amide bonds. The molecule has 2 heterocycles. The molecule has 102 valence electrons. The van der Waals surface area contributed by atoms with Gasteiger partial charge in [-0.05, 0) is 26.0 Å². The minimum absolute atomic E-state index is 0.0337. The van der Waals surface area contributed by atoms with Crippen LogP contribution in [0, 0.1) is 6.92 Å². The number of imidazole rings is 1. The third kappa shape index (κ3) is 3.05. The highest BCUT2D eigenvalue weighted by Crippen LogP contribution is 2.15. The van der Waals surface area contributed by atoms with E-state index in [1.54, 1.807) is 23.6 Å². The second kappa shape index (κ2) is 5.18. The van der Waals surface area contributed by atoms with Gasteiger partial charge in [-0.2, -0.15) is 8.42 Å². The van der Waals surface area contributed by atoms with Crippen LogP contribution in [0.2, 0.25) is 5.15 Å². The summed E-state index contributed by atoms with van der Waals surface area (Å²) in [6, 6.07) is 4.70. The molecule has 2 aromatic rings. The van der Waals surface area contributed by atoms with Crippen molar-refractivity contribution in [1.82, 2.24) is 14.5 Å². The average molecular weight is 301 g/mol. The quantitative estimate of drug-likeness (QED) is 0.877. The summed E-state index contributed by atoms with van der Waals surface area (Å²) in [5.74, 6) is 0.804. The Balaban J connectivity index is 2.32. The predicted octanol–water partition coefficient (Wildman–Crippen LogP) is 2.06. The van der Waals surface area contributed by atoms with Crippen molar-refractivity contribution in [1.29, 1.82) is 0 Å². The van der Waals surface area contributed by atoms with E-state index >= 15 is 0 Å². The minimum atomic E-state index is -3.74. The molecule has 0 aromatic carbocycles. The first kappa shape index (κ1) is 13.8. The third-order valence-corrected chi connectivity index (χ3v) is 3.96. The molecule has 0 unspecified atom stereocenters. The van der Waals surface area contributed by atoms with Crippen LogP contribution in [0.1, 0.15) is 12.7 Å². The highest BCUT2D eigenvalue weighted by Gasteiger charge is 2.19. The first-order valence-electron chi connectivity index (χ1n) is 5.61. The second-order valence-electron chi connectivity index (χ2n) is 3.86. The van der Waals surface area contributed by atoms with Gasteiger partial charge in [0.2, 0.25) is 0 Å². The zero-order valence-electron chi connectivity index (χ0n) is 10.5. The molecule has 0 aliphatic carbocycles. The van der Waals surface area contributed by atoms with Gasteiger partial charge < -0.3 is 4.57 Å². The Labute approximate surface area is 116 Å². The third-order valence-electron chi connectivity index (χ3n) is 2.52. The SMILES string of the molecule is CCn1cc(S(=O)(=O)Nc2cccc(Cl)n2)nc1C. The number of nitrogens with zero attached hydrogens (tertiary/aromatic N) is 3. The summed E-state index contributed by atoms with van der Waals surface area (Å²) in [5.41, 5.74) is 0. The Morgan fingerprint density at radius 3 is 2.68 bits per heavy atom. The van der Waals surface area contributed by atoms with Gasteiger partial charge in [-0.25, -0.2) is 9.97 Å². The number of hydrogen-bond acceptors (Lipinski definition) is 4. The lowest BCUT2D eigenvalue weighted by molar-refractivity contribution is 0.597. The molecule has 0 saturated heterocycles. The molecule has 6 nitrogen and oxygen atoms in total. The molecule has 0 aliphatic rings. The van der Waals surface area contributed by atoms with E-state index in [9.17, 15) is 8.42 Å². The summed E-state index contributed by atoms with van der Waals surface area (Å²) in [7, 11) is -3.74. The predicted molar refractivity (Wildman–Crippen MR) is 72.7 cm³/mol. The largest absolute Gasteiger partial charge is 0.334 e. The van der Waals surface area contributed by atoms with E-state index in [-0.39, 0.29) is 16.0 Å². The molecule has 1 N–H and O–H groups in total. The number of nitrogens with one attached hydrogen (secondary N) is 1. The van der Waals surface area contributed by atoms with E-state index in [0.29, 0.717) is 12.4 Å². The number of pyridine rings is 1. The molecule has 0 bridgehead atoms. The molecule has 0 fully saturated rings. The molecule has 2 rings (SSSR count). The van der Waals surface area contributed by atoms with E-state index in [4.69, 9.17) is 11.6 Å². The lowest BCUT2D eigenvalue weighted by atomic mass is 10.5. The standard InChI is InChI=1S/C11H13ClN4O2S/c1-3-16-7-11(13-8(16)2)19(17,18)15-10-6-4-5-9(12)14-10/h4-7H,3H2,1-2H3,(H,14,15). The highest BCUT2D eigenvalue weighted by molar-refractivity contribution is 7.92. The van der Waals surface area contributed by atoms with Crippen molar-refractivity contribution in [3.8, 4) is 0 Å². The van der Waals surface area contributed by atoms with Crippen molar-refractivity contribution in [2.24, 2.45) is 0 Å². The first-order valence-corrected chi connectivity index (χ1v) is 7.47. The van der Waals surface area contributed by atoms with Crippen molar-refractivity contribution >= 4 is 27.4 Å². The van der Waals surface area contributed by atoms with E-state index in [1.165, 1.54) is 12.3 Å². The maximum atomic E-state index is 12.1. The van der Waals surface area contributed by atoms with E-state index in [0.717, 1.165) is 0 Å². The van der Waals surface area contributed by atoms with E-state index in [2.05, 4.69) is 14.7 Å². The number of aromatic nitrogens is 3. The van der Waals surface area contributed by atoms with Crippen molar-refractivity contribution in [2.45, 2.75) is 25.4 Å². The van der Waals surface area contributed by atoms with Gasteiger partial charge in [-0.3, -0.25) is 4.72 Å². The molecular formula is C11H13ClN4O2S. The number of aryl methyl sites for hydroxylation is 2. The minimum Gasteiger partial charge on any atom is -0.334 e. The van der Waals surface area contributed by atoms with E-state index < -0.39 is 10.0 Å². The van der Waals surface area contributed by atoms with Gasteiger partial charge in [0.1, 0.15) is 16.8 Å². The monoisotopic (exact) mass is 300 g/mol. The van der Waals surface area contributed by atoms with Crippen molar-refractivity contribution < 1.29 is 8.42 Å². The molecule has 0 atom stereocenters. The average Bonchev–Trinajstić information content (AvgIpc) is 2.71. The Kier molecular flexibility index (Phi) is 3.77.